The average Bonchev–Trinajstić information content (AvgIpc) is 3.05. The summed E-state index contributed by atoms with van der Waals surface area (Å²) in [6.45, 7) is 5.33. The van der Waals surface area contributed by atoms with Crippen LogP contribution in [0.15, 0.2) is 66.7 Å². The summed E-state index contributed by atoms with van der Waals surface area (Å²) in [6, 6.07) is 18.8. The van der Waals surface area contributed by atoms with E-state index in [4.69, 9.17) is 9.47 Å². The Labute approximate surface area is 257 Å². The van der Waals surface area contributed by atoms with Gasteiger partial charge in [-0.3, -0.25) is 19.3 Å². The van der Waals surface area contributed by atoms with Gasteiger partial charge in [0.2, 0.25) is 11.8 Å². The van der Waals surface area contributed by atoms with E-state index in [0.29, 0.717) is 57.2 Å². The molecule has 3 aromatic rings. The van der Waals surface area contributed by atoms with Gasteiger partial charge in [-0.2, -0.15) is 0 Å². The summed E-state index contributed by atoms with van der Waals surface area (Å²) in [7, 11) is 3.14. The van der Waals surface area contributed by atoms with Gasteiger partial charge < -0.3 is 24.6 Å². The number of methoxy groups -OCH3 is 2. The summed E-state index contributed by atoms with van der Waals surface area (Å²) >= 11 is 0. The van der Waals surface area contributed by atoms with Gasteiger partial charge >= 0.3 is 0 Å². The van der Waals surface area contributed by atoms with E-state index in [1.54, 1.807) is 31.3 Å². The summed E-state index contributed by atoms with van der Waals surface area (Å²) in [5.74, 6) is -0.337. The Kier molecular flexibility index (Phi) is 9.79. The van der Waals surface area contributed by atoms with Crippen molar-refractivity contribution in [3.63, 3.8) is 0 Å². The molecule has 2 fully saturated rings. The van der Waals surface area contributed by atoms with Gasteiger partial charge in [0.1, 0.15) is 5.82 Å². The standard InChI is InChI=1S/C34H39FN4O5/c1-23-8-11-25(12-9-23)39-31(40)15-13-27(32(39)24-10-14-29(43-2)30(22-24)44-3)34(42)38-20-18-37(19-21-38)17-16-36-33(41)26-6-4-5-7-28(26)35/h4-12,14,22,27,32H,13,15-21H2,1-3H3,(H,36,41). The molecular weight excluding hydrogens is 563 g/mol. The molecule has 0 saturated carbocycles. The second-order valence-corrected chi connectivity index (χ2v) is 11.2. The molecule has 2 heterocycles. The van der Waals surface area contributed by atoms with Crippen molar-refractivity contribution in [3.8, 4) is 11.5 Å². The first-order valence-corrected chi connectivity index (χ1v) is 14.9. The Balaban J connectivity index is 1.29. The van der Waals surface area contributed by atoms with Crippen molar-refractivity contribution in [2.45, 2.75) is 25.8 Å². The highest BCUT2D eigenvalue weighted by molar-refractivity contribution is 5.97. The van der Waals surface area contributed by atoms with Crippen LogP contribution in [0.3, 0.4) is 0 Å². The lowest BCUT2D eigenvalue weighted by molar-refractivity contribution is -0.140. The molecule has 0 aromatic heterocycles. The SMILES string of the molecule is COc1ccc(C2C(C(=O)N3CCN(CCNC(=O)c4ccccc4F)CC3)CCC(=O)N2c2ccc(C)cc2)cc1OC. The molecule has 2 aliphatic heterocycles. The number of halogens is 1. The van der Waals surface area contributed by atoms with Crippen LogP contribution in [-0.4, -0.2) is 81.0 Å². The van der Waals surface area contributed by atoms with Crippen molar-refractivity contribution in [1.82, 2.24) is 15.1 Å². The number of aryl methyl sites for hydroxylation is 1. The predicted octanol–water partition coefficient (Wildman–Crippen LogP) is 4.21. The number of benzene rings is 3. The lowest BCUT2D eigenvalue weighted by atomic mass is 9.82. The van der Waals surface area contributed by atoms with E-state index in [1.807, 2.05) is 54.3 Å². The van der Waals surface area contributed by atoms with Gasteiger partial charge in [0.05, 0.1) is 31.7 Å². The van der Waals surface area contributed by atoms with Gasteiger partial charge in [-0.25, -0.2) is 4.39 Å². The second-order valence-electron chi connectivity index (χ2n) is 11.2. The van der Waals surface area contributed by atoms with Crippen molar-refractivity contribution in [3.05, 3.63) is 89.2 Å². The highest BCUT2D eigenvalue weighted by Gasteiger charge is 2.43. The summed E-state index contributed by atoms with van der Waals surface area (Å²) in [6.07, 6.45) is 0.719. The number of nitrogens with one attached hydrogen (secondary N) is 1. The molecule has 9 nitrogen and oxygen atoms in total. The highest BCUT2D eigenvalue weighted by atomic mass is 19.1. The maximum absolute atomic E-state index is 14.2. The predicted molar refractivity (Wildman–Crippen MR) is 165 cm³/mol. The molecule has 5 rings (SSSR count). The van der Waals surface area contributed by atoms with E-state index in [9.17, 15) is 18.8 Å². The fraction of sp³-hybridized carbons (Fsp3) is 0.382. The molecule has 232 valence electrons. The third kappa shape index (κ3) is 6.70. The van der Waals surface area contributed by atoms with Crippen molar-refractivity contribution in [2.75, 3.05) is 58.4 Å². The zero-order valence-electron chi connectivity index (χ0n) is 25.4. The first kappa shape index (κ1) is 31.0. The van der Waals surface area contributed by atoms with E-state index in [-0.39, 0.29) is 23.8 Å². The Morgan fingerprint density at radius 1 is 0.932 bits per heavy atom. The molecule has 0 bridgehead atoms. The third-order valence-electron chi connectivity index (χ3n) is 8.49. The molecule has 0 aliphatic carbocycles. The van der Waals surface area contributed by atoms with Gasteiger partial charge in [0, 0.05) is 51.4 Å². The minimum Gasteiger partial charge on any atom is -0.493 e. The van der Waals surface area contributed by atoms with Crippen LogP contribution in [0.2, 0.25) is 0 Å². The van der Waals surface area contributed by atoms with E-state index < -0.39 is 23.7 Å². The Hall–Kier alpha value is -4.44. The molecule has 0 radical (unpaired) electrons. The average molecular weight is 603 g/mol. The van der Waals surface area contributed by atoms with Crippen LogP contribution in [0, 0.1) is 18.7 Å². The molecule has 3 aromatic carbocycles. The Bertz CT molecular complexity index is 1490. The fourth-order valence-corrected chi connectivity index (χ4v) is 6.07. The number of piperidine rings is 1. The van der Waals surface area contributed by atoms with Crippen molar-refractivity contribution in [1.29, 1.82) is 0 Å². The second kappa shape index (κ2) is 13.9. The normalized spacial score (nSPS) is 19.0. The number of hydrogen-bond donors (Lipinski definition) is 1. The van der Waals surface area contributed by atoms with Gasteiger partial charge in [-0.15, -0.1) is 0 Å². The summed E-state index contributed by atoms with van der Waals surface area (Å²) in [5, 5.41) is 2.78. The monoisotopic (exact) mass is 602 g/mol. The van der Waals surface area contributed by atoms with Crippen LogP contribution >= 0.6 is 0 Å². The molecule has 10 heteroatoms. The number of nitrogens with zero attached hydrogens (tertiary/aromatic N) is 3. The number of ether oxygens (including phenoxy) is 2. The van der Waals surface area contributed by atoms with Crippen LogP contribution in [0.1, 0.15) is 40.4 Å². The van der Waals surface area contributed by atoms with Crippen LogP contribution in [0.5, 0.6) is 11.5 Å². The minimum absolute atomic E-state index is 0.0157. The summed E-state index contributed by atoms with van der Waals surface area (Å²) in [4.78, 5) is 45.8. The maximum atomic E-state index is 14.2. The number of amides is 3. The molecule has 1 N–H and O–H groups in total. The quantitative estimate of drug-likeness (QED) is 0.395. The largest absolute Gasteiger partial charge is 0.493 e. The van der Waals surface area contributed by atoms with E-state index in [2.05, 4.69) is 10.2 Å². The van der Waals surface area contributed by atoms with E-state index in [0.717, 1.165) is 16.8 Å². The summed E-state index contributed by atoms with van der Waals surface area (Å²) < 4.78 is 24.9. The van der Waals surface area contributed by atoms with E-state index >= 15 is 0 Å². The van der Waals surface area contributed by atoms with Crippen molar-refractivity contribution >= 4 is 23.4 Å². The zero-order valence-corrected chi connectivity index (χ0v) is 25.4. The smallest absolute Gasteiger partial charge is 0.254 e. The van der Waals surface area contributed by atoms with Crippen molar-refractivity contribution < 1.29 is 28.2 Å². The number of anilines is 1. The van der Waals surface area contributed by atoms with E-state index in [1.165, 1.54) is 12.1 Å². The topological polar surface area (TPSA) is 91.4 Å². The number of rotatable bonds is 9. The summed E-state index contributed by atoms with van der Waals surface area (Å²) in [5.41, 5.74) is 2.66. The molecule has 2 saturated heterocycles. The van der Waals surface area contributed by atoms with Crippen LogP contribution in [0.25, 0.3) is 0 Å². The molecule has 2 atom stereocenters. The van der Waals surface area contributed by atoms with Gasteiger partial charge in [-0.1, -0.05) is 35.9 Å². The van der Waals surface area contributed by atoms with Crippen molar-refractivity contribution in [2.24, 2.45) is 5.92 Å². The molecule has 44 heavy (non-hydrogen) atoms. The fourth-order valence-electron chi connectivity index (χ4n) is 6.07. The Morgan fingerprint density at radius 3 is 2.32 bits per heavy atom. The molecule has 0 spiro atoms. The highest BCUT2D eigenvalue weighted by Crippen LogP contribution is 2.43. The molecule has 2 aliphatic rings. The lowest BCUT2D eigenvalue weighted by Gasteiger charge is -2.44. The number of carbonyl (C=O) groups excluding carboxylic acids is 3. The third-order valence-corrected chi connectivity index (χ3v) is 8.49. The zero-order chi connectivity index (χ0) is 31.2. The Morgan fingerprint density at radius 2 is 1.64 bits per heavy atom. The van der Waals surface area contributed by atoms with Crippen LogP contribution in [-0.2, 0) is 9.59 Å². The molecular formula is C34H39FN4O5. The van der Waals surface area contributed by atoms with Gasteiger partial charge in [-0.05, 0) is 55.3 Å². The molecule has 2 unspecified atom stereocenters. The van der Waals surface area contributed by atoms with Crippen LogP contribution < -0.4 is 19.7 Å². The van der Waals surface area contributed by atoms with Gasteiger partial charge in [0.15, 0.2) is 11.5 Å². The first-order chi connectivity index (χ1) is 21.3. The lowest BCUT2D eigenvalue weighted by Crippen LogP contribution is -2.54. The minimum atomic E-state index is -0.547. The first-order valence-electron chi connectivity index (χ1n) is 14.9. The van der Waals surface area contributed by atoms with Crippen LogP contribution in [0.4, 0.5) is 10.1 Å². The molecule has 3 amide bonds. The number of piperazine rings is 1. The maximum Gasteiger partial charge on any atom is 0.254 e. The number of carbonyl (C=O) groups is 3. The van der Waals surface area contributed by atoms with Gasteiger partial charge in [0.25, 0.3) is 5.91 Å². The number of hydrogen-bond acceptors (Lipinski definition) is 6.